The summed E-state index contributed by atoms with van der Waals surface area (Å²) < 4.78 is 14.0. The van der Waals surface area contributed by atoms with Crippen LogP contribution in [0.5, 0.6) is 0 Å². The molecule has 3 N–H and O–H groups in total. The lowest BCUT2D eigenvalue weighted by Crippen LogP contribution is -2.18. The topological polar surface area (TPSA) is 61.8 Å². The van der Waals surface area contributed by atoms with E-state index in [0.29, 0.717) is 17.8 Å². The normalized spacial score (nSPS) is 11.6. The Labute approximate surface area is 114 Å². The summed E-state index contributed by atoms with van der Waals surface area (Å²) in [4.78, 5) is 1.81. The van der Waals surface area contributed by atoms with Gasteiger partial charge in [0.05, 0.1) is 5.69 Å². The average Bonchev–Trinajstić information content (AvgIpc) is 2.90. The number of amidine groups is 1. The maximum Gasteiger partial charge on any atom is 0.170 e. The van der Waals surface area contributed by atoms with Crippen LogP contribution in [0, 0.1) is 5.82 Å². The van der Waals surface area contributed by atoms with Gasteiger partial charge in [0, 0.05) is 19.2 Å². The first kappa shape index (κ1) is 13.4. The minimum absolute atomic E-state index is 0.106. The quantitative estimate of drug-likeness (QED) is 0.391. The van der Waals surface area contributed by atoms with Gasteiger partial charge in [0.1, 0.15) is 5.82 Å². The van der Waals surface area contributed by atoms with Gasteiger partial charge in [-0.05, 0) is 40.6 Å². The van der Waals surface area contributed by atoms with E-state index in [9.17, 15) is 4.39 Å². The van der Waals surface area contributed by atoms with Gasteiger partial charge in [-0.25, -0.2) is 4.39 Å². The third-order valence-electron chi connectivity index (χ3n) is 2.76. The van der Waals surface area contributed by atoms with E-state index in [1.54, 1.807) is 23.5 Å². The minimum Gasteiger partial charge on any atom is -0.409 e. The molecule has 0 aliphatic carbocycles. The molecule has 6 heteroatoms. The van der Waals surface area contributed by atoms with Crippen molar-refractivity contribution in [2.24, 2.45) is 10.9 Å². The average molecular weight is 279 g/mol. The standard InChI is InChI=1S/C13H14FN3OS/c1-17(7-9-4-5-19-8-9)12-3-2-10(6-11(12)14)13(15)16-18/h2-6,8,18H,7H2,1H3,(H2,15,16). The van der Waals surface area contributed by atoms with Gasteiger partial charge in [0.2, 0.25) is 0 Å². The molecular formula is C13H14FN3OS. The first-order valence-electron chi connectivity index (χ1n) is 5.61. The molecule has 0 spiro atoms. The highest BCUT2D eigenvalue weighted by atomic mass is 32.1. The number of hydrogen-bond acceptors (Lipinski definition) is 4. The molecule has 0 aliphatic rings. The van der Waals surface area contributed by atoms with Crippen molar-refractivity contribution in [3.05, 3.63) is 52.0 Å². The van der Waals surface area contributed by atoms with Crippen LogP contribution in [-0.2, 0) is 6.54 Å². The Kier molecular flexibility index (Phi) is 4.01. The van der Waals surface area contributed by atoms with Gasteiger partial charge in [-0.3, -0.25) is 0 Å². The van der Waals surface area contributed by atoms with Gasteiger partial charge in [-0.15, -0.1) is 0 Å². The van der Waals surface area contributed by atoms with Crippen molar-refractivity contribution in [3.63, 3.8) is 0 Å². The van der Waals surface area contributed by atoms with E-state index in [1.807, 2.05) is 28.8 Å². The molecule has 2 rings (SSSR count). The van der Waals surface area contributed by atoms with Crippen LogP contribution >= 0.6 is 11.3 Å². The van der Waals surface area contributed by atoms with Crippen LogP contribution < -0.4 is 10.6 Å². The molecule has 1 aromatic heterocycles. The van der Waals surface area contributed by atoms with Crippen molar-refractivity contribution in [2.75, 3.05) is 11.9 Å². The highest BCUT2D eigenvalue weighted by Gasteiger charge is 2.10. The third-order valence-corrected chi connectivity index (χ3v) is 3.49. The van der Waals surface area contributed by atoms with E-state index in [4.69, 9.17) is 10.9 Å². The largest absolute Gasteiger partial charge is 0.409 e. The van der Waals surface area contributed by atoms with Gasteiger partial charge in [-0.2, -0.15) is 11.3 Å². The number of benzene rings is 1. The number of oxime groups is 1. The molecule has 0 unspecified atom stereocenters. The molecule has 0 amide bonds. The molecule has 0 saturated carbocycles. The predicted molar refractivity (Wildman–Crippen MR) is 75.3 cm³/mol. The number of rotatable bonds is 4. The van der Waals surface area contributed by atoms with Gasteiger partial charge in [0.25, 0.3) is 0 Å². The number of hydrogen-bond donors (Lipinski definition) is 2. The first-order valence-corrected chi connectivity index (χ1v) is 6.55. The van der Waals surface area contributed by atoms with Gasteiger partial charge in [0.15, 0.2) is 5.84 Å². The highest BCUT2D eigenvalue weighted by Crippen LogP contribution is 2.21. The molecule has 4 nitrogen and oxygen atoms in total. The fourth-order valence-corrected chi connectivity index (χ4v) is 2.44. The second-order valence-electron chi connectivity index (χ2n) is 4.14. The van der Waals surface area contributed by atoms with E-state index in [1.165, 1.54) is 6.07 Å². The van der Waals surface area contributed by atoms with Crippen molar-refractivity contribution < 1.29 is 9.60 Å². The van der Waals surface area contributed by atoms with E-state index < -0.39 is 5.82 Å². The Hall–Kier alpha value is -2.08. The lowest BCUT2D eigenvalue weighted by Gasteiger charge is -2.19. The lowest BCUT2D eigenvalue weighted by atomic mass is 10.1. The molecule has 0 radical (unpaired) electrons. The zero-order valence-electron chi connectivity index (χ0n) is 10.4. The second kappa shape index (κ2) is 5.71. The number of nitrogens with two attached hydrogens (primary N) is 1. The molecule has 0 atom stereocenters. The van der Waals surface area contributed by atoms with E-state index in [0.717, 1.165) is 5.56 Å². The molecule has 1 heterocycles. The van der Waals surface area contributed by atoms with Crippen LogP contribution in [0.2, 0.25) is 0 Å². The molecule has 2 aromatic rings. The molecule has 100 valence electrons. The van der Waals surface area contributed by atoms with Crippen LogP contribution in [-0.4, -0.2) is 18.1 Å². The van der Waals surface area contributed by atoms with Crippen molar-refractivity contribution in [3.8, 4) is 0 Å². The fourth-order valence-electron chi connectivity index (χ4n) is 1.78. The van der Waals surface area contributed by atoms with Crippen molar-refractivity contribution >= 4 is 22.9 Å². The molecule has 0 aliphatic heterocycles. The molecule has 0 fully saturated rings. The van der Waals surface area contributed by atoms with E-state index in [-0.39, 0.29) is 5.84 Å². The van der Waals surface area contributed by atoms with Crippen LogP contribution in [0.3, 0.4) is 0 Å². The summed E-state index contributed by atoms with van der Waals surface area (Å²) in [5.41, 5.74) is 7.38. The number of thiophene rings is 1. The molecule has 19 heavy (non-hydrogen) atoms. The maximum absolute atomic E-state index is 14.0. The highest BCUT2D eigenvalue weighted by molar-refractivity contribution is 7.07. The van der Waals surface area contributed by atoms with Crippen LogP contribution in [0.15, 0.2) is 40.2 Å². The fraction of sp³-hybridized carbons (Fsp3) is 0.154. The summed E-state index contributed by atoms with van der Waals surface area (Å²) in [5, 5.41) is 15.4. The summed E-state index contributed by atoms with van der Waals surface area (Å²) in [6.07, 6.45) is 0. The van der Waals surface area contributed by atoms with Crippen LogP contribution in [0.1, 0.15) is 11.1 Å². The molecular weight excluding hydrogens is 265 g/mol. The van der Waals surface area contributed by atoms with Gasteiger partial charge < -0.3 is 15.8 Å². The Morgan fingerprint density at radius 1 is 1.47 bits per heavy atom. The third kappa shape index (κ3) is 3.03. The smallest absolute Gasteiger partial charge is 0.170 e. The Morgan fingerprint density at radius 2 is 2.26 bits per heavy atom. The van der Waals surface area contributed by atoms with Crippen molar-refractivity contribution in [1.82, 2.24) is 0 Å². The monoisotopic (exact) mass is 279 g/mol. The van der Waals surface area contributed by atoms with Gasteiger partial charge in [-0.1, -0.05) is 5.16 Å². The Balaban J connectivity index is 2.21. The van der Waals surface area contributed by atoms with Crippen molar-refractivity contribution in [2.45, 2.75) is 6.54 Å². The summed E-state index contributed by atoms with van der Waals surface area (Å²) in [7, 11) is 1.82. The van der Waals surface area contributed by atoms with Crippen molar-refractivity contribution in [1.29, 1.82) is 0 Å². The SMILES string of the molecule is CN(Cc1ccsc1)c1ccc(/C(N)=N/O)cc1F. The summed E-state index contributed by atoms with van der Waals surface area (Å²) in [5.74, 6) is -0.507. The summed E-state index contributed by atoms with van der Waals surface area (Å²) >= 11 is 1.61. The molecule has 0 saturated heterocycles. The number of anilines is 1. The maximum atomic E-state index is 14.0. The van der Waals surface area contributed by atoms with E-state index in [2.05, 4.69) is 5.16 Å². The lowest BCUT2D eigenvalue weighted by molar-refractivity contribution is 0.318. The zero-order valence-corrected chi connectivity index (χ0v) is 11.2. The first-order chi connectivity index (χ1) is 9.11. The zero-order chi connectivity index (χ0) is 13.8. The molecule has 0 bridgehead atoms. The summed E-state index contributed by atoms with van der Waals surface area (Å²) in [6.45, 7) is 0.628. The Bertz CT molecular complexity index is 584. The van der Waals surface area contributed by atoms with Gasteiger partial charge >= 0.3 is 0 Å². The number of nitrogens with zero attached hydrogens (tertiary/aromatic N) is 2. The Morgan fingerprint density at radius 3 is 2.84 bits per heavy atom. The molecule has 1 aromatic carbocycles. The predicted octanol–water partition coefficient (Wildman–Crippen LogP) is 2.62. The van der Waals surface area contributed by atoms with Crippen LogP contribution in [0.4, 0.5) is 10.1 Å². The van der Waals surface area contributed by atoms with Crippen LogP contribution in [0.25, 0.3) is 0 Å². The summed E-state index contributed by atoms with van der Waals surface area (Å²) in [6, 6.07) is 6.50. The van der Waals surface area contributed by atoms with E-state index >= 15 is 0 Å². The number of halogens is 1. The second-order valence-corrected chi connectivity index (χ2v) is 4.92. The minimum atomic E-state index is -0.401.